The fourth-order valence-corrected chi connectivity index (χ4v) is 4.31. The zero-order valence-corrected chi connectivity index (χ0v) is 23.5. The standard InChI is InChI=1S/C7H8BrNO2S.C7H8N4O2S.C7H9NO2S/c8-5-6-1-3-7(4-2-6)12(9,10)11;8-11-10-5-6-1-3-7(4-2-6)14(9,12)13;1-6-2-4-7(5-3-6)11(8,9)10/h1-4H,5H2,(H2,9,10,11);1-4H,5H2,(H2,9,12,13);2-5H,1H3,(H2,8,9,10). The number of alkyl halides is 1. The molecule has 0 aliphatic carbocycles. The van der Waals surface area contributed by atoms with Gasteiger partial charge >= 0.3 is 0 Å². The Kier molecular flexibility index (Phi) is 12.4. The van der Waals surface area contributed by atoms with Crippen LogP contribution in [0.15, 0.2) is 92.6 Å². The summed E-state index contributed by atoms with van der Waals surface area (Å²) in [6.45, 7) is 2.08. The van der Waals surface area contributed by atoms with Gasteiger partial charge in [0.1, 0.15) is 0 Å². The first-order valence-electron chi connectivity index (χ1n) is 9.97. The summed E-state index contributed by atoms with van der Waals surface area (Å²) in [7, 11) is -10.7. The number of sulfonamides is 3. The molecule has 37 heavy (non-hydrogen) atoms. The molecular formula is C21H25BrN6O6S3. The third kappa shape index (κ3) is 12.3. The van der Waals surface area contributed by atoms with Crippen molar-refractivity contribution in [2.75, 3.05) is 0 Å². The number of halogens is 1. The SMILES string of the molecule is Cc1ccc(S(N)(=O)=O)cc1.NS(=O)(=O)c1ccc(CBr)cc1.[N-]=[N+]=NCc1ccc(S(N)(=O)=O)cc1. The second kappa shape index (κ2) is 14.2. The maximum atomic E-state index is 10.9. The monoisotopic (exact) mass is 632 g/mol. The lowest BCUT2D eigenvalue weighted by molar-refractivity contribution is 0.596. The van der Waals surface area contributed by atoms with Crippen LogP contribution in [-0.4, -0.2) is 25.3 Å². The van der Waals surface area contributed by atoms with E-state index in [9.17, 15) is 25.3 Å². The van der Waals surface area contributed by atoms with E-state index >= 15 is 0 Å². The Balaban J connectivity index is 0.000000280. The molecule has 3 aromatic carbocycles. The third-order valence-corrected chi connectivity index (χ3v) is 7.76. The van der Waals surface area contributed by atoms with E-state index in [4.69, 9.17) is 20.9 Å². The van der Waals surface area contributed by atoms with Crippen LogP contribution in [0.25, 0.3) is 10.4 Å². The number of hydrogen-bond acceptors (Lipinski definition) is 7. The summed E-state index contributed by atoms with van der Waals surface area (Å²) in [5, 5.41) is 18.7. The van der Waals surface area contributed by atoms with Gasteiger partial charge in [0.05, 0.1) is 21.2 Å². The predicted octanol–water partition coefficient (Wildman–Crippen LogP) is 3.02. The van der Waals surface area contributed by atoms with Crippen LogP contribution in [0.5, 0.6) is 0 Å². The number of azide groups is 1. The first kappa shape index (κ1) is 32.2. The Morgan fingerprint density at radius 3 is 1.30 bits per heavy atom. The molecular weight excluding hydrogens is 608 g/mol. The van der Waals surface area contributed by atoms with E-state index in [0.29, 0.717) is 5.33 Å². The summed E-state index contributed by atoms with van der Waals surface area (Å²) >= 11 is 3.25. The Bertz CT molecular complexity index is 1540. The number of aryl methyl sites for hydroxylation is 1. The Morgan fingerprint density at radius 1 is 0.676 bits per heavy atom. The molecule has 3 rings (SSSR count). The number of nitrogens with two attached hydrogens (primary N) is 3. The van der Waals surface area contributed by atoms with E-state index in [2.05, 4.69) is 26.0 Å². The van der Waals surface area contributed by atoms with Gasteiger partial charge in [0.2, 0.25) is 30.1 Å². The molecule has 0 spiro atoms. The summed E-state index contributed by atoms with van der Waals surface area (Å²) in [4.78, 5) is 2.93. The fraction of sp³-hybridized carbons (Fsp3) is 0.143. The van der Waals surface area contributed by atoms with Crippen molar-refractivity contribution in [1.29, 1.82) is 0 Å². The van der Waals surface area contributed by atoms with Gasteiger partial charge in [0.25, 0.3) is 0 Å². The maximum absolute atomic E-state index is 10.9. The molecule has 0 aromatic heterocycles. The Labute approximate surface area is 224 Å². The minimum atomic E-state index is -3.64. The number of primary sulfonamides is 3. The van der Waals surface area contributed by atoms with Crippen LogP contribution in [0.1, 0.15) is 16.7 Å². The largest absolute Gasteiger partial charge is 0.238 e. The quantitative estimate of drug-likeness (QED) is 0.160. The smallest absolute Gasteiger partial charge is 0.225 e. The zero-order chi connectivity index (χ0) is 28.3. The van der Waals surface area contributed by atoms with Gasteiger partial charge < -0.3 is 0 Å². The van der Waals surface area contributed by atoms with Crippen molar-refractivity contribution < 1.29 is 25.3 Å². The van der Waals surface area contributed by atoms with Crippen LogP contribution < -0.4 is 15.4 Å². The molecule has 0 radical (unpaired) electrons. The van der Waals surface area contributed by atoms with Crippen molar-refractivity contribution in [3.63, 3.8) is 0 Å². The van der Waals surface area contributed by atoms with E-state index in [1.54, 1.807) is 36.4 Å². The average Bonchev–Trinajstić information content (AvgIpc) is 2.82. The Morgan fingerprint density at radius 2 is 1.00 bits per heavy atom. The summed E-state index contributed by atoms with van der Waals surface area (Å²) in [6, 6.07) is 18.7. The highest BCUT2D eigenvalue weighted by molar-refractivity contribution is 9.08. The molecule has 0 fully saturated rings. The van der Waals surface area contributed by atoms with E-state index in [1.165, 1.54) is 36.4 Å². The molecule has 0 aliphatic heterocycles. The van der Waals surface area contributed by atoms with Crippen LogP contribution in [0.4, 0.5) is 0 Å². The summed E-state index contributed by atoms with van der Waals surface area (Å²) in [6.07, 6.45) is 0. The number of benzene rings is 3. The zero-order valence-electron chi connectivity index (χ0n) is 19.5. The second-order valence-electron chi connectivity index (χ2n) is 7.26. The lowest BCUT2D eigenvalue weighted by atomic mass is 10.2. The molecule has 0 amide bonds. The van der Waals surface area contributed by atoms with Gasteiger partial charge in [0, 0.05) is 10.2 Å². The molecule has 0 saturated heterocycles. The lowest BCUT2D eigenvalue weighted by Gasteiger charge is -1.98. The molecule has 16 heteroatoms. The summed E-state index contributed by atoms with van der Waals surface area (Å²) in [5.74, 6) is 0. The first-order valence-corrected chi connectivity index (χ1v) is 15.7. The van der Waals surface area contributed by atoms with Gasteiger partial charge in [-0.2, -0.15) is 0 Å². The molecule has 0 atom stereocenters. The van der Waals surface area contributed by atoms with Crippen molar-refractivity contribution in [1.82, 2.24) is 0 Å². The van der Waals surface area contributed by atoms with E-state index in [1.807, 2.05) is 6.92 Å². The van der Waals surface area contributed by atoms with E-state index in [-0.39, 0.29) is 21.2 Å². The van der Waals surface area contributed by atoms with Crippen molar-refractivity contribution in [2.45, 2.75) is 33.5 Å². The topological polar surface area (TPSA) is 229 Å². The molecule has 200 valence electrons. The maximum Gasteiger partial charge on any atom is 0.238 e. The molecule has 0 aliphatic rings. The predicted molar refractivity (Wildman–Crippen MR) is 144 cm³/mol. The normalized spacial score (nSPS) is 11.2. The highest BCUT2D eigenvalue weighted by atomic mass is 79.9. The van der Waals surface area contributed by atoms with Crippen LogP contribution in [0, 0.1) is 6.92 Å². The average molecular weight is 634 g/mol. The van der Waals surface area contributed by atoms with Gasteiger partial charge in [-0.05, 0) is 60.0 Å². The molecule has 0 saturated carbocycles. The molecule has 6 N–H and O–H groups in total. The molecule has 0 bridgehead atoms. The van der Waals surface area contributed by atoms with Crippen molar-refractivity contribution in [3.8, 4) is 0 Å². The highest BCUT2D eigenvalue weighted by Crippen LogP contribution is 2.11. The minimum Gasteiger partial charge on any atom is -0.225 e. The van der Waals surface area contributed by atoms with Crippen molar-refractivity contribution >= 4 is 46.0 Å². The molecule has 12 nitrogen and oxygen atoms in total. The summed E-state index contributed by atoms with van der Waals surface area (Å²) in [5.41, 5.74) is 10.8. The molecule has 3 aromatic rings. The van der Waals surface area contributed by atoms with Gasteiger partial charge in [-0.25, -0.2) is 40.7 Å². The van der Waals surface area contributed by atoms with Gasteiger partial charge in [0.15, 0.2) is 0 Å². The molecule has 0 heterocycles. The van der Waals surface area contributed by atoms with Crippen LogP contribution in [0.2, 0.25) is 0 Å². The van der Waals surface area contributed by atoms with Crippen LogP contribution >= 0.6 is 15.9 Å². The Hall–Kier alpha value is -2.82. The van der Waals surface area contributed by atoms with Crippen molar-refractivity contribution in [3.05, 3.63) is 99.9 Å². The van der Waals surface area contributed by atoms with Gasteiger partial charge in [-0.15, -0.1) is 0 Å². The number of hydrogen-bond donors (Lipinski definition) is 3. The van der Waals surface area contributed by atoms with Crippen LogP contribution in [0.3, 0.4) is 0 Å². The van der Waals surface area contributed by atoms with E-state index < -0.39 is 30.1 Å². The van der Waals surface area contributed by atoms with Crippen LogP contribution in [-0.2, 0) is 41.9 Å². The van der Waals surface area contributed by atoms with Crippen molar-refractivity contribution in [2.24, 2.45) is 20.5 Å². The van der Waals surface area contributed by atoms with Gasteiger partial charge in [-0.3, -0.25) is 0 Å². The summed E-state index contributed by atoms with van der Waals surface area (Å²) < 4.78 is 64.7. The lowest BCUT2D eigenvalue weighted by Crippen LogP contribution is -2.11. The van der Waals surface area contributed by atoms with Gasteiger partial charge in [-0.1, -0.05) is 63.0 Å². The number of rotatable bonds is 6. The highest BCUT2D eigenvalue weighted by Gasteiger charge is 2.07. The second-order valence-corrected chi connectivity index (χ2v) is 12.5. The number of nitrogens with zero attached hydrogens (tertiary/aromatic N) is 3. The third-order valence-electron chi connectivity index (χ3n) is 4.32. The first-order chi connectivity index (χ1) is 17.1. The fourth-order valence-electron chi connectivity index (χ4n) is 2.39. The minimum absolute atomic E-state index is 0.0437. The van der Waals surface area contributed by atoms with E-state index in [0.717, 1.165) is 16.7 Å². The molecule has 0 unspecified atom stereocenters.